The molecule has 0 aliphatic rings. The lowest BCUT2D eigenvalue weighted by atomic mass is 10.1. The molecule has 0 amide bonds. The van der Waals surface area contributed by atoms with Gasteiger partial charge in [-0.3, -0.25) is 0 Å². The highest BCUT2D eigenvalue weighted by Crippen LogP contribution is 2.33. The van der Waals surface area contributed by atoms with Crippen molar-refractivity contribution in [3.8, 4) is 0 Å². The highest BCUT2D eigenvalue weighted by atomic mass is 35.5. The molecule has 82 valence electrons. The highest BCUT2D eigenvalue weighted by molar-refractivity contribution is 6.33. The minimum atomic E-state index is -4.81. The lowest BCUT2D eigenvalue weighted by Gasteiger charge is -2.08. The van der Waals surface area contributed by atoms with Gasteiger partial charge in [0.15, 0.2) is 0 Å². The minimum Gasteiger partial charge on any atom is -0.478 e. The van der Waals surface area contributed by atoms with E-state index in [1.807, 2.05) is 0 Å². The van der Waals surface area contributed by atoms with Gasteiger partial charge in [-0.15, -0.1) is 0 Å². The predicted molar refractivity (Wildman–Crippen MR) is 43.4 cm³/mol. The van der Waals surface area contributed by atoms with Crippen molar-refractivity contribution in [1.82, 2.24) is 0 Å². The molecule has 0 fully saturated rings. The van der Waals surface area contributed by atoms with Crippen molar-refractivity contribution >= 4 is 17.6 Å². The molecule has 1 aromatic rings. The Morgan fingerprint density at radius 1 is 1.33 bits per heavy atom. The van der Waals surface area contributed by atoms with Crippen LogP contribution in [0.4, 0.5) is 17.6 Å². The molecule has 7 heteroatoms. The van der Waals surface area contributed by atoms with Crippen LogP contribution in [0.2, 0.25) is 5.02 Å². The van der Waals surface area contributed by atoms with E-state index in [1.165, 1.54) is 0 Å². The third kappa shape index (κ3) is 2.38. The van der Waals surface area contributed by atoms with Gasteiger partial charge in [0.05, 0.1) is 16.1 Å². The largest absolute Gasteiger partial charge is 0.478 e. The molecule has 0 atom stereocenters. The first-order chi connectivity index (χ1) is 6.73. The molecule has 15 heavy (non-hydrogen) atoms. The monoisotopic (exact) mass is 242 g/mol. The summed E-state index contributed by atoms with van der Waals surface area (Å²) in [6, 6.07) is 0.433. The quantitative estimate of drug-likeness (QED) is 0.768. The Morgan fingerprint density at radius 3 is 2.27 bits per heavy atom. The van der Waals surface area contributed by atoms with Gasteiger partial charge in [-0.2, -0.15) is 13.2 Å². The van der Waals surface area contributed by atoms with Crippen molar-refractivity contribution in [1.29, 1.82) is 0 Å². The average Bonchev–Trinajstić information content (AvgIpc) is 2.06. The normalized spacial score (nSPS) is 11.5. The first-order valence-corrected chi connectivity index (χ1v) is 3.91. The third-order valence-corrected chi connectivity index (χ3v) is 1.97. The van der Waals surface area contributed by atoms with Gasteiger partial charge in [0, 0.05) is 0 Å². The number of aromatic carboxylic acids is 1. The molecular formula is C8H3ClF4O2. The molecule has 0 spiro atoms. The Hall–Kier alpha value is -1.30. The minimum absolute atomic E-state index is 0.148. The second-order valence-electron chi connectivity index (χ2n) is 2.62. The molecule has 0 aromatic heterocycles. The maximum atomic E-state index is 12.8. The lowest BCUT2D eigenvalue weighted by molar-refractivity contribution is -0.137. The smallest absolute Gasteiger partial charge is 0.416 e. The van der Waals surface area contributed by atoms with Crippen molar-refractivity contribution in [2.45, 2.75) is 6.18 Å². The molecule has 0 bridgehead atoms. The number of carboxylic acid groups (broad SMARTS) is 1. The topological polar surface area (TPSA) is 37.3 Å². The third-order valence-electron chi connectivity index (χ3n) is 1.59. The zero-order valence-corrected chi connectivity index (χ0v) is 7.66. The van der Waals surface area contributed by atoms with Crippen LogP contribution in [-0.2, 0) is 6.18 Å². The molecule has 0 unspecified atom stereocenters. The van der Waals surface area contributed by atoms with Gasteiger partial charge in [-0.05, 0) is 12.1 Å². The predicted octanol–water partition coefficient (Wildman–Crippen LogP) is 3.20. The molecule has 0 radical (unpaired) electrons. The van der Waals surface area contributed by atoms with E-state index in [0.29, 0.717) is 0 Å². The van der Waals surface area contributed by atoms with Gasteiger partial charge in [0.1, 0.15) is 5.82 Å². The molecule has 1 N–H and O–H groups in total. The maximum absolute atomic E-state index is 12.8. The van der Waals surface area contributed by atoms with Crippen molar-refractivity contribution < 1.29 is 27.5 Å². The zero-order valence-electron chi connectivity index (χ0n) is 6.90. The number of carbonyl (C=O) groups is 1. The zero-order chi connectivity index (χ0) is 11.8. The molecule has 0 saturated heterocycles. The molecular weight excluding hydrogens is 240 g/mol. The van der Waals surface area contributed by atoms with Gasteiger partial charge in [0.2, 0.25) is 0 Å². The van der Waals surface area contributed by atoms with Crippen LogP contribution in [0.3, 0.4) is 0 Å². The van der Waals surface area contributed by atoms with E-state index >= 15 is 0 Å². The van der Waals surface area contributed by atoms with Crippen LogP contribution in [0.15, 0.2) is 12.1 Å². The van der Waals surface area contributed by atoms with Crippen LogP contribution in [0, 0.1) is 5.82 Å². The fourth-order valence-electron chi connectivity index (χ4n) is 0.908. The number of hydrogen-bond donors (Lipinski definition) is 1. The molecule has 0 aliphatic heterocycles. The summed E-state index contributed by atoms with van der Waals surface area (Å²) >= 11 is 5.19. The van der Waals surface area contributed by atoms with Gasteiger partial charge in [0.25, 0.3) is 0 Å². The number of benzene rings is 1. The Labute approximate surface area is 86.1 Å². The first kappa shape index (κ1) is 11.8. The second kappa shape index (κ2) is 3.69. The summed E-state index contributed by atoms with van der Waals surface area (Å²) in [7, 11) is 0. The Morgan fingerprint density at radius 2 is 1.87 bits per heavy atom. The van der Waals surface area contributed by atoms with Gasteiger partial charge in [-0.25, -0.2) is 9.18 Å². The standard InChI is InChI=1S/C8H3ClF4O2/c9-6-4(7(14)15)1-3(2-5(6)10)8(11,12)13/h1-2H,(H,14,15). The highest BCUT2D eigenvalue weighted by Gasteiger charge is 2.33. The van der Waals surface area contributed by atoms with E-state index < -0.39 is 34.1 Å². The van der Waals surface area contributed by atoms with E-state index in [-0.39, 0.29) is 12.1 Å². The number of hydrogen-bond acceptors (Lipinski definition) is 1. The van der Waals surface area contributed by atoms with Gasteiger partial charge in [-0.1, -0.05) is 11.6 Å². The summed E-state index contributed by atoms with van der Waals surface area (Å²) in [6.45, 7) is 0. The van der Waals surface area contributed by atoms with E-state index in [1.54, 1.807) is 0 Å². The Bertz CT molecular complexity index is 414. The lowest BCUT2D eigenvalue weighted by Crippen LogP contribution is -2.09. The SMILES string of the molecule is O=C(O)c1cc(C(F)(F)F)cc(F)c1Cl. The van der Waals surface area contributed by atoms with Crippen LogP contribution in [0.1, 0.15) is 15.9 Å². The first-order valence-electron chi connectivity index (χ1n) is 3.53. The number of rotatable bonds is 1. The Kier molecular flexibility index (Phi) is 2.90. The molecule has 0 aliphatic carbocycles. The van der Waals surface area contributed by atoms with E-state index in [9.17, 15) is 22.4 Å². The molecule has 0 saturated carbocycles. The molecule has 1 aromatic carbocycles. The van der Waals surface area contributed by atoms with Crippen LogP contribution in [0.25, 0.3) is 0 Å². The number of alkyl halides is 3. The van der Waals surface area contributed by atoms with E-state index in [0.717, 1.165) is 0 Å². The summed E-state index contributed by atoms with van der Waals surface area (Å²) in [5.74, 6) is -3.13. The van der Waals surface area contributed by atoms with Crippen LogP contribution < -0.4 is 0 Å². The van der Waals surface area contributed by atoms with E-state index in [4.69, 9.17) is 16.7 Å². The average molecular weight is 243 g/mol. The summed E-state index contributed by atoms with van der Waals surface area (Å²) in [4.78, 5) is 10.4. The van der Waals surface area contributed by atoms with Crippen LogP contribution in [-0.4, -0.2) is 11.1 Å². The number of carboxylic acids is 1. The van der Waals surface area contributed by atoms with Crippen molar-refractivity contribution in [2.75, 3.05) is 0 Å². The van der Waals surface area contributed by atoms with Crippen LogP contribution >= 0.6 is 11.6 Å². The summed E-state index contributed by atoms with van der Waals surface area (Å²) in [6.07, 6.45) is -4.81. The van der Waals surface area contributed by atoms with E-state index in [2.05, 4.69) is 0 Å². The summed E-state index contributed by atoms with van der Waals surface area (Å²) in [5, 5.41) is 7.62. The van der Waals surface area contributed by atoms with Gasteiger partial charge >= 0.3 is 12.1 Å². The molecule has 1 rings (SSSR count). The molecule has 2 nitrogen and oxygen atoms in total. The fraction of sp³-hybridized carbons (Fsp3) is 0.125. The summed E-state index contributed by atoms with van der Waals surface area (Å²) in [5.41, 5.74) is -2.30. The van der Waals surface area contributed by atoms with Crippen molar-refractivity contribution in [3.63, 3.8) is 0 Å². The Balaban J connectivity index is 3.43. The second-order valence-corrected chi connectivity index (χ2v) is 3.00. The summed E-state index contributed by atoms with van der Waals surface area (Å²) < 4.78 is 49.3. The van der Waals surface area contributed by atoms with Crippen LogP contribution in [0.5, 0.6) is 0 Å². The fourth-order valence-corrected chi connectivity index (χ4v) is 1.10. The van der Waals surface area contributed by atoms with Gasteiger partial charge < -0.3 is 5.11 Å². The number of halogens is 5. The van der Waals surface area contributed by atoms with Crippen molar-refractivity contribution in [2.24, 2.45) is 0 Å². The van der Waals surface area contributed by atoms with Crippen molar-refractivity contribution in [3.05, 3.63) is 34.1 Å². The molecule has 0 heterocycles. The maximum Gasteiger partial charge on any atom is 0.416 e.